The molecular weight excluding hydrogens is 186 g/mol. The third-order valence-corrected chi connectivity index (χ3v) is 3.25. The van der Waals surface area contributed by atoms with Crippen molar-refractivity contribution in [2.75, 3.05) is 11.4 Å². The summed E-state index contributed by atoms with van der Waals surface area (Å²) in [4.78, 5) is 2.30. The van der Waals surface area contributed by atoms with Crippen molar-refractivity contribution >= 4 is 5.69 Å². The Kier molecular flexibility index (Phi) is 2.47. The van der Waals surface area contributed by atoms with Gasteiger partial charge in [-0.3, -0.25) is 0 Å². The Balaban J connectivity index is 2.37. The molecule has 2 nitrogen and oxygen atoms in total. The molecule has 0 bridgehead atoms. The fraction of sp³-hybridized carbons (Fsp3) is 0.538. The summed E-state index contributed by atoms with van der Waals surface area (Å²) in [7, 11) is 0. The highest BCUT2D eigenvalue weighted by Crippen LogP contribution is 2.35. The maximum atomic E-state index is 10.1. The molecule has 0 spiro atoms. The first kappa shape index (κ1) is 10.5. The SMILES string of the molecule is CCN1c2ccccc2CC1C(C)(C)O. The minimum absolute atomic E-state index is 0.208. The van der Waals surface area contributed by atoms with Crippen LogP contribution in [0.25, 0.3) is 0 Å². The molecule has 1 atom stereocenters. The van der Waals surface area contributed by atoms with E-state index in [1.165, 1.54) is 11.3 Å². The van der Waals surface area contributed by atoms with Gasteiger partial charge >= 0.3 is 0 Å². The molecule has 82 valence electrons. The van der Waals surface area contributed by atoms with E-state index in [1.807, 2.05) is 13.8 Å². The van der Waals surface area contributed by atoms with Crippen LogP contribution in [-0.2, 0) is 6.42 Å². The zero-order chi connectivity index (χ0) is 11.1. The quantitative estimate of drug-likeness (QED) is 0.800. The van der Waals surface area contributed by atoms with Crippen molar-refractivity contribution in [3.63, 3.8) is 0 Å². The Morgan fingerprint density at radius 3 is 2.67 bits per heavy atom. The van der Waals surface area contributed by atoms with Crippen LogP contribution in [0.4, 0.5) is 5.69 Å². The smallest absolute Gasteiger partial charge is 0.0797 e. The Labute approximate surface area is 91.5 Å². The van der Waals surface area contributed by atoms with Gasteiger partial charge in [-0.25, -0.2) is 0 Å². The number of aliphatic hydroxyl groups is 1. The number of nitrogens with zero attached hydrogens (tertiary/aromatic N) is 1. The minimum Gasteiger partial charge on any atom is -0.388 e. The summed E-state index contributed by atoms with van der Waals surface area (Å²) in [6.07, 6.45) is 0.952. The summed E-state index contributed by atoms with van der Waals surface area (Å²) < 4.78 is 0. The second-order valence-electron chi connectivity index (χ2n) is 4.79. The molecule has 0 amide bonds. The maximum Gasteiger partial charge on any atom is 0.0797 e. The molecule has 2 heteroatoms. The van der Waals surface area contributed by atoms with Gasteiger partial charge in [-0.15, -0.1) is 0 Å². The lowest BCUT2D eigenvalue weighted by molar-refractivity contribution is 0.0520. The summed E-state index contributed by atoms with van der Waals surface area (Å²) in [6.45, 7) is 6.88. The van der Waals surface area contributed by atoms with Gasteiger partial charge in [0, 0.05) is 12.2 Å². The molecule has 0 fully saturated rings. The van der Waals surface area contributed by atoms with Crippen LogP contribution in [0.1, 0.15) is 26.3 Å². The predicted octanol–water partition coefficient (Wildman–Crippen LogP) is 2.21. The number of benzene rings is 1. The molecule has 1 heterocycles. The standard InChI is InChI=1S/C13H19NO/c1-4-14-11-8-6-5-7-10(11)9-12(14)13(2,3)15/h5-8,12,15H,4,9H2,1-3H3. The summed E-state index contributed by atoms with van der Waals surface area (Å²) in [6, 6.07) is 8.64. The zero-order valence-electron chi connectivity index (χ0n) is 9.70. The van der Waals surface area contributed by atoms with Gasteiger partial charge in [-0.2, -0.15) is 0 Å². The number of hydrogen-bond acceptors (Lipinski definition) is 2. The molecule has 1 aliphatic heterocycles. The van der Waals surface area contributed by atoms with Gasteiger partial charge in [-0.1, -0.05) is 18.2 Å². The fourth-order valence-corrected chi connectivity index (χ4v) is 2.47. The molecule has 0 radical (unpaired) electrons. The zero-order valence-corrected chi connectivity index (χ0v) is 9.70. The van der Waals surface area contributed by atoms with E-state index in [2.05, 4.69) is 36.1 Å². The van der Waals surface area contributed by atoms with Crippen LogP contribution in [0.5, 0.6) is 0 Å². The van der Waals surface area contributed by atoms with Crippen molar-refractivity contribution in [3.05, 3.63) is 29.8 Å². The normalized spacial score (nSPS) is 20.5. The fourth-order valence-electron chi connectivity index (χ4n) is 2.47. The third-order valence-electron chi connectivity index (χ3n) is 3.25. The van der Waals surface area contributed by atoms with Gasteiger partial charge in [0.2, 0.25) is 0 Å². The molecule has 1 aliphatic rings. The first-order chi connectivity index (χ1) is 7.04. The Morgan fingerprint density at radius 2 is 2.07 bits per heavy atom. The van der Waals surface area contributed by atoms with E-state index in [1.54, 1.807) is 0 Å². The van der Waals surface area contributed by atoms with Crippen LogP contribution in [0, 0.1) is 0 Å². The lowest BCUT2D eigenvalue weighted by Crippen LogP contribution is -2.47. The number of anilines is 1. The molecule has 15 heavy (non-hydrogen) atoms. The molecule has 1 aromatic carbocycles. The van der Waals surface area contributed by atoms with Crippen LogP contribution >= 0.6 is 0 Å². The van der Waals surface area contributed by atoms with Crippen LogP contribution < -0.4 is 4.90 Å². The van der Waals surface area contributed by atoms with E-state index < -0.39 is 5.60 Å². The first-order valence-electron chi connectivity index (χ1n) is 5.61. The molecule has 1 unspecified atom stereocenters. The van der Waals surface area contributed by atoms with E-state index in [4.69, 9.17) is 0 Å². The van der Waals surface area contributed by atoms with E-state index >= 15 is 0 Å². The van der Waals surface area contributed by atoms with Gasteiger partial charge in [0.1, 0.15) is 0 Å². The van der Waals surface area contributed by atoms with E-state index in [0.29, 0.717) is 0 Å². The van der Waals surface area contributed by atoms with Gasteiger partial charge in [0.15, 0.2) is 0 Å². The van der Waals surface area contributed by atoms with Crippen molar-refractivity contribution < 1.29 is 5.11 Å². The van der Waals surface area contributed by atoms with Crippen LogP contribution in [0.2, 0.25) is 0 Å². The summed E-state index contributed by atoms with van der Waals surface area (Å²) >= 11 is 0. The minimum atomic E-state index is -0.644. The van der Waals surface area contributed by atoms with Gasteiger partial charge in [0.25, 0.3) is 0 Å². The molecule has 0 saturated heterocycles. The van der Waals surface area contributed by atoms with Crippen molar-refractivity contribution in [1.29, 1.82) is 0 Å². The van der Waals surface area contributed by atoms with Crippen molar-refractivity contribution in [3.8, 4) is 0 Å². The number of rotatable bonds is 2. The highest BCUT2D eigenvalue weighted by molar-refractivity contribution is 5.60. The largest absolute Gasteiger partial charge is 0.388 e. The van der Waals surface area contributed by atoms with Crippen LogP contribution in [-0.4, -0.2) is 23.3 Å². The van der Waals surface area contributed by atoms with Crippen molar-refractivity contribution in [2.24, 2.45) is 0 Å². The topological polar surface area (TPSA) is 23.5 Å². The molecule has 2 rings (SSSR count). The molecular formula is C13H19NO. The molecule has 0 aliphatic carbocycles. The summed E-state index contributed by atoms with van der Waals surface area (Å²) in [5.41, 5.74) is 1.99. The average molecular weight is 205 g/mol. The van der Waals surface area contributed by atoms with Crippen LogP contribution in [0.3, 0.4) is 0 Å². The average Bonchev–Trinajstić information content (AvgIpc) is 2.55. The lowest BCUT2D eigenvalue weighted by Gasteiger charge is -2.34. The van der Waals surface area contributed by atoms with Gasteiger partial charge in [0.05, 0.1) is 11.6 Å². The summed E-state index contributed by atoms with van der Waals surface area (Å²) in [5.74, 6) is 0. The van der Waals surface area contributed by atoms with Gasteiger partial charge < -0.3 is 10.0 Å². The lowest BCUT2D eigenvalue weighted by atomic mass is 9.95. The number of hydrogen-bond donors (Lipinski definition) is 1. The Morgan fingerprint density at radius 1 is 1.40 bits per heavy atom. The van der Waals surface area contributed by atoms with Gasteiger partial charge in [-0.05, 0) is 38.8 Å². The second kappa shape index (κ2) is 3.53. The monoisotopic (exact) mass is 205 g/mol. The van der Waals surface area contributed by atoms with Crippen molar-refractivity contribution in [1.82, 2.24) is 0 Å². The van der Waals surface area contributed by atoms with Crippen molar-refractivity contribution in [2.45, 2.75) is 38.8 Å². The first-order valence-corrected chi connectivity index (χ1v) is 5.61. The number of fused-ring (bicyclic) bond motifs is 1. The maximum absolute atomic E-state index is 10.1. The second-order valence-corrected chi connectivity index (χ2v) is 4.79. The summed E-state index contributed by atoms with van der Waals surface area (Å²) in [5, 5.41) is 10.1. The van der Waals surface area contributed by atoms with E-state index in [-0.39, 0.29) is 6.04 Å². The highest BCUT2D eigenvalue weighted by Gasteiger charge is 2.37. The molecule has 0 aromatic heterocycles. The van der Waals surface area contributed by atoms with Crippen LogP contribution in [0.15, 0.2) is 24.3 Å². The highest BCUT2D eigenvalue weighted by atomic mass is 16.3. The van der Waals surface area contributed by atoms with E-state index in [0.717, 1.165) is 13.0 Å². The molecule has 0 saturated carbocycles. The molecule has 1 N–H and O–H groups in total. The number of para-hydroxylation sites is 1. The molecule has 1 aromatic rings. The number of likely N-dealkylation sites (N-methyl/N-ethyl adjacent to an activating group) is 1. The third kappa shape index (κ3) is 1.74. The van der Waals surface area contributed by atoms with E-state index in [9.17, 15) is 5.11 Å². The predicted molar refractivity (Wildman–Crippen MR) is 63.3 cm³/mol. The Bertz CT molecular complexity index is 354. The Hall–Kier alpha value is -1.02.